The Kier molecular flexibility index (Phi) is 5.21. The van der Waals surface area contributed by atoms with Gasteiger partial charge in [-0.1, -0.05) is 6.92 Å². The summed E-state index contributed by atoms with van der Waals surface area (Å²) in [7, 11) is 0. The summed E-state index contributed by atoms with van der Waals surface area (Å²) in [6, 6.07) is 6.78. The van der Waals surface area contributed by atoms with Crippen molar-refractivity contribution in [1.29, 1.82) is 0 Å². The first-order valence-corrected chi connectivity index (χ1v) is 8.23. The number of halogens is 3. The number of aromatic nitrogens is 4. The lowest BCUT2D eigenvalue weighted by molar-refractivity contribution is -0.146. The van der Waals surface area contributed by atoms with Crippen molar-refractivity contribution >= 4 is 5.91 Å². The van der Waals surface area contributed by atoms with E-state index in [0.717, 1.165) is 0 Å². The van der Waals surface area contributed by atoms with Crippen LogP contribution in [0.25, 0.3) is 5.69 Å². The number of hydrogen-bond acceptors (Lipinski definition) is 5. The average molecular weight is 368 g/mol. The molecule has 0 N–H and O–H groups in total. The molecule has 0 spiro atoms. The quantitative estimate of drug-likeness (QED) is 0.824. The lowest BCUT2D eigenvalue weighted by Gasteiger charge is -2.22. The second kappa shape index (κ2) is 7.40. The van der Waals surface area contributed by atoms with Crippen LogP contribution in [-0.2, 0) is 0 Å². The van der Waals surface area contributed by atoms with Crippen LogP contribution in [0.3, 0.4) is 0 Å². The highest BCUT2D eigenvalue weighted by Crippen LogP contribution is 2.20. The molecule has 0 aliphatic carbocycles. The third-order valence-electron chi connectivity index (χ3n) is 4.21. The monoisotopic (exact) mass is 368 g/mol. The van der Waals surface area contributed by atoms with Gasteiger partial charge in [-0.25, -0.2) is 4.68 Å². The van der Waals surface area contributed by atoms with E-state index in [-0.39, 0.29) is 24.9 Å². The zero-order valence-corrected chi connectivity index (χ0v) is 14.2. The molecule has 7 nitrogen and oxygen atoms in total. The highest BCUT2D eigenvalue weighted by atomic mass is 19.4. The van der Waals surface area contributed by atoms with Crippen LogP contribution < -0.4 is 0 Å². The first-order chi connectivity index (χ1) is 12.3. The van der Waals surface area contributed by atoms with Crippen molar-refractivity contribution in [2.45, 2.75) is 13.1 Å². The van der Waals surface area contributed by atoms with Crippen LogP contribution in [0.2, 0.25) is 0 Å². The third kappa shape index (κ3) is 4.57. The molecule has 1 saturated heterocycles. The maximum absolute atomic E-state index is 12.7. The predicted molar refractivity (Wildman–Crippen MR) is 86.7 cm³/mol. The Hall–Kier alpha value is -2.49. The molecule has 1 atom stereocenters. The first kappa shape index (κ1) is 18.3. The Morgan fingerprint density at radius 2 is 1.92 bits per heavy atom. The Balaban J connectivity index is 1.67. The molecule has 0 saturated carbocycles. The van der Waals surface area contributed by atoms with Crippen molar-refractivity contribution in [3.8, 4) is 5.69 Å². The van der Waals surface area contributed by atoms with Gasteiger partial charge < -0.3 is 4.90 Å². The zero-order valence-electron chi connectivity index (χ0n) is 14.2. The standard InChI is InChI=1S/C16H19F3N6O/c1-12-8-23(10-16(17,18)19)6-7-24(9-12)15(26)13-2-4-14(5-3-13)25-11-20-21-22-25/h2-5,11-12H,6-10H2,1H3. The summed E-state index contributed by atoms with van der Waals surface area (Å²) in [5, 5.41) is 10.9. The molecular formula is C16H19F3N6O. The Morgan fingerprint density at radius 1 is 1.19 bits per heavy atom. The van der Waals surface area contributed by atoms with Crippen LogP contribution in [0.5, 0.6) is 0 Å². The minimum Gasteiger partial charge on any atom is -0.337 e. The van der Waals surface area contributed by atoms with Crippen molar-refractivity contribution < 1.29 is 18.0 Å². The van der Waals surface area contributed by atoms with Gasteiger partial charge in [-0.3, -0.25) is 9.69 Å². The molecule has 1 aliphatic heterocycles. The zero-order chi connectivity index (χ0) is 18.7. The molecule has 1 aliphatic rings. The molecule has 1 aromatic carbocycles. The van der Waals surface area contributed by atoms with Crippen molar-refractivity contribution in [2.75, 3.05) is 32.7 Å². The van der Waals surface area contributed by atoms with Gasteiger partial charge in [-0.2, -0.15) is 13.2 Å². The fourth-order valence-corrected chi connectivity index (χ4v) is 3.12. The van der Waals surface area contributed by atoms with E-state index in [1.165, 1.54) is 15.9 Å². The number of hydrogen-bond donors (Lipinski definition) is 0. The van der Waals surface area contributed by atoms with Gasteiger partial charge in [0.2, 0.25) is 0 Å². The smallest absolute Gasteiger partial charge is 0.337 e. The van der Waals surface area contributed by atoms with Gasteiger partial charge in [-0.05, 0) is 40.6 Å². The lowest BCUT2D eigenvalue weighted by atomic mass is 10.1. The minimum atomic E-state index is -4.23. The maximum atomic E-state index is 12.7. The summed E-state index contributed by atoms with van der Waals surface area (Å²) in [6.07, 6.45) is -2.78. The van der Waals surface area contributed by atoms with Crippen molar-refractivity contribution in [3.63, 3.8) is 0 Å². The van der Waals surface area contributed by atoms with Gasteiger partial charge in [0.25, 0.3) is 5.91 Å². The summed E-state index contributed by atoms with van der Waals surface area (Å²) in [4.78, 5) is 15.7. The molecule has 2 heterocycles. The summed E-state index contributed by atoms with van der Waals surface area (Å²) in [6.45, 7) is 2.14. The third-order valence-corrected chi connectivity index (χ3v) is 4.21. The molecule has 2 aromatic rings. The molecule has 1 aromatic heterocycles. The van der Waals surface area contributed by atoms with Crippen LogP contribution in [-0.4, -0.2) is 74.8 Å². The van der Waals surface area contributed by atoms with E-state index in [0.29, 0.717) is 24.3 Å². The topological polar surface area (TPSA) is 67.2 Å². The molecule has 1 amide bonds. The SMILES string of the molecule is CC1CN(CC(F)(F)F)CCN(C(=O)c2ccc(-n3cnnn3)cc2)C1. The van der Waals surface area contributed by atoms with Crippen LogP contribution in [0.15, 0.2) is 30.6 Å². The number of tetrazole rings is 1. The van der Waals surface area contributed by atoms with Crippen molar-refractivity contribution in [3.05, 3.63) is 36.2 Å². The number of alkyl halides is 3. The van der Waals surface area contributed by atoms with Crippen LogP contribution in [0, 0.1) is 5.92 Å². The van der Waals surface area contributed by atoms with Gasteiger partial charge in [0.15, 0.2) is 0 Å². The molecule has 3 rings (SSSR count). The largest absolute Gasteiger partial charge is 0.401 e. The highest BCUT2D eigenvalue weighted by Gasteiger charge is 2.33. The van der Waals surface area contributed by atoms with Gasteiger partial charge in [-0.15, -0.1) is 5.10 Å². The number of amides is 1. The molecular weight excluding hydrogens is 349 g/mol. The van der Waals surface area contributed by atoms with Gasteiger partial charge in [0, 0.05) is 31.7 Å². The molecule has 10 heteroatoms. The molecule has 26 heavy (non-hydrogen) atoms. The molecule has 140 valence electrons. The van der Waals surface area contributed by atoms with Crippen molar-refractivity contribution in [1.82, 2.24) is 30.0 Å². The van der Waals surface area contributed by atoms with Crippen LogP contribution in [0.4, 0.5) is 13.2 Å². The van der Waals surface area contributed by atoms with Gasteiger partial charge >= 0.3 is 6.18 Å². The Bertz CT molecular complexity index is 731. The minimum absolute atomic E-state index is 0.0377. The fourth-order valence-electron chi connectivity index (χ4n) is 3.12. The molecule has 1 fully saturated rings. The van der Waals surface area contributed by atoms with Gasteiger partial charge in [0.1, 0.15) is 6.33 Å². The van der Waals surface area contributed by atoms with Crippen LogP contribution >= 0.6 is 0 Å². The van der Waals surface area contributed by atoms with Crippen molar-refractivity contribution in [2.24, 2.45) is 5.92 Å². The summed E-state index contributed by atoms with van der Waals surface area (Å²) >= 11 is 0. The number of carbonyl (C=O) groups excluding carboxylic acids is 1. The Labute approximate surface area is 148 Å². The number of benzene rings is 1. The van der Waals surface area contributed by atoms with Crippen LogP contribution in [0.1, 0.15) is 17.3 Å². The Morgan fingerprint density at radius 3 is 2.54 bits per heavy atom. The van der Waals surface area contributed by atoms with E-state index in [9.17, 15) is 18.0 Å². The second-order valence-corrected chi connectivity index (χ2v) is 6.51. The van der Waals surface area contributed by atoms with E-state index >= 15 is 0 Å². The highest BCUT2D eigenvalue weighted by molar-refractivity contribution is 5.94. The number of carbonyl (C=O) groups is 1. The summed E-state index contributed by atoms with van der Waals surface area (Å²) < 4.78 is 39.4. The molecule has 0 bridgehead atoms. The average Bonchev–Trinajstić information content (AvgIpc) is 3.05. The maximum Gasteiger partial charge on any atom is 0.401 e. The second-order valence-electron chi connectivity index (χ2n) is 6.51. The van der Waals surface area contributed by atoms with E-state index in [1.54, 1.807) is 29.2 Å². The summed E-state index contributed by atoms with van der Waals surface area (Å²) in [5.41, 5.74) is 1.20. The number of nitrogens with zero attached hydrogens (tertiary/aromatic N) is 6. The van der Waals surface area contributed by atoms with Gasteiger partial charge in [0.05, 0.1) is 12.2 Å². The lowest BCUT2D eigenvalue weighted by Crippen LogP contribution is -2.38. The molecule has 0 radical (unpaired) electrons. The molecule has 1 unspecified atom stereocenters. The van der Waals surface area contributed by atoms with E-state index in [1.807, 2.05) is 6.92 Å². The summed E-state index contributed by atoms with van der Waals surface area (Å²) in [5.74, 6) is -0.224. The van der Waals surface area contributed by atoms with E-state index < -0.39 is 12.7 Å². The van der Waals surface area contributed by atoms with E-state index in [4.69, 9.17) is 0 Å². The fraction of sp³-hybridized carbons (Fsp3) is 0.500. The predicted octanol–water partition coefficient (Wildman–Crippen LogP) is 1.62. The van der Waals surface area contributed by atoms with E-state index in [2.05, 4.69) is 15.5 Å². The first-order valence-electron chi connectivity index (χ1n) is 8.23. The normalized spacial score (nSPS) is 19.4. The number of rotatable bonds is 3.